The van der Waals surface area contributed by atoms with Crippen molar-refractivity contribution in [2.24, 2.45) is 5.73 Å². The first-order valence-corrected chi connectivity index (χ1v) is 1.72. The van der Waals surface area contributed by atoms with Crippen molar-refractivity contribution in [1.29, 1.82) is 0 Å². The molecule has 0 saturated heterocycles. The molecule has 0 heterocycles. The average molecular weight is 111 g/mol. The Bertz CT molecular complexity index is 17.7. The van der Waals surface area contributed by atoms with Gasteiger partial charge in [-0.1, -0.05) is 0 Å². The van der Waals surface area contributed by atoms with Gasteiger partial charge in [0.2, 0.25) is 0 Å². The fraction of sp³-hybridized carbons (Fsp3) is 1.00. The summed E-state index contributed by atoms with van der Waals surface area (Å²) in [6.45, 7) is 0.812. The van der Waals surface area contributed by atoms with Crippen LogP contribution in [-0.4, -0.2) is 29.2 Å². The summed E-state index contributed by atoms with van der Waals surface area (Å²) in [6.07, 6.45) is 0.722. The van der Waals surface area contributed by atoms with E-state index < -0.39 is 0 Å². The summed E-state index contributed by atoms with van der Waals surface area (Å²) in [7, 11) is 0. The van der Waals surface area contributed by atoms with Gasteiger partial charge in [-0.3, -0.25) is 0 Å². The molecular weight excluding hydrogens is 98.0 g/mol. The normalized spacial score (nSPS) is 6.00. The largest absolute Gasteiger partial charge is 0.412 e. The van der Waals surface area contributed by atoms with Gasteiger partial charge in [-0.15, -0.1) is 0 Å². The minimum Gasteiger partial charge on any atom is -0.412 e. The van der Waals surface area contributed by atoms with Crippen LogP contribution >= 0.6 is 0 Å². The molecule has 0 rings (SSSR count). The molecule has 4 heteroatoms. The molecule has 0 amide bonds. The molecule has 0 aliphatic heterocycles. The molecule has 0 aromatic rings. The molecule has 0 radical (unpaired) electrons. The fourth-order valence-corrected chi connectivity index (χ4v) is 0.0913. The summed E-state index contributed by atoms with van der Waals surface area (Å²) in [4.78, 5) is 0. The Balaban J connectivity index is -0.0000000800. The molecule has 0 aromatic carbocycles. The van der Waals surface area contributed by atoms with Gasteiger partial charge in [0.25, 0.3) is 0 Å². The summed E-state index contributed by atoms with van der Waals surface area (Å²) in [5, 5.41) is 7.99. The van der Waals surface area contributed by atoms with Gasteiger partial charge in [-0.2, -0.15) is 0 Å². The Hall–Kier alpha value is -0.160. The van der Waals surface area contributed by atoms with Crippen LogP contribution in [0.5, 0.6) is 0 Å². The highest BCUT2D eigenvalue weighted by atomic mass is 16.2. The zero-order valence-corrected chi connectivity index (χ0v) is 4.15. The molecule has 0 fully saturated rings. The molecule has 0 aliphatic rings. The lowest BCUT2D eigenvalue weighted by Gasteiger charge is -1.80. The highest BCUT2D eigenvalue weighted by Crippen LogP contribution is 1.62. The lowest BCUT2D eigenvalue weighted by Crippen LogP contribution is -1.99. The fourth-order valence-electron chi connectivity index (χ4n) is 0.0913. The van der Waals surface area contributed by atoms with Gasteiger partial charge >= 0.3 is 0 Å². The van der Waals surface area contributed by atoms with Crippen molar-refractivity contribution in [3.8, 4) is 0 Å². The van der Waals surface area contributed by atoms with Crippen LogP contribution in [0.4, 0.5) is 0 Å². The van der Waals surface area contributed by atoms with E-state index in [0.717, 1.165) is 6.42 Å². The van der Waals surface area contributed by atoms with Crippen molar-refractivity contribution >= 4 is 0 Å². The highest BCUT2D eigenvalue weighted by Gasteiger charge is 1.69. The van der Waals surface area contributed by atoms with E-state index in [1.807, 2.05) is 0 Å². The van der Waals surface area contributed by atoms with Crippen LogP contribution in [0.15, 0.2) is 0 Å². The van der Waals surface area contributed by atoms with Crippen molar-refractivity contribution in [3.05, 3.63) is 0 Å². The van der Waals surface area contributed by atoms with Gasteiger partial charge < -0.3 is 21.8 Å². The standard InChI is InChI=1S/C3H9NO.2H2O/c4-2-1-3-5;;/h5H,1-4H2;2*1H2. The van der Waals surface area contributed by atoms with E-state index in [4.69, 9.17) is 10.8 Å². The number of hydrogen-bond donors (Lipinski definition) is 2. The number of hydrogen-bond acceptors (Lipinski definition) is 2. The monoisotopic (exact) mass is 111 g/mol. The van der Waals surface area contributed by atoms with Crippen LogP contribution in [0.2, 0.25) is 0 Å². The van der Waals surface area contributed by atoms with Crippen molar-refractivity contribution in [1.82, 2.24) is 0 Å². The highest BCUT2D eigenvalue weighted by molar-refractivity contribution is 4.28. The van der Waals surface area contributed by atoms with E-state index in [0.29, 0.717) is 6.54 Å². The van der Waals surface area contributed by atoms with E-state index >= 15 is 0 Å². The predicted molar refractivity (Wildman–Crippen MR) is 28.0 cm³/mol. The second-order valence-electron chi connectivity index (χ2n) is 0.866. The van der Waals surface area contributed by atoms with Gasteiger partial charge in [0.05, 0.1) is 0 Å². The summed E-state index contributed by atoms with van der Waals surface area (Å²) >= 11 is 0. The molecule has 7 heavy (non-hydrogen) atoms. The third-order valence-corrected chi connectivity index (χ3v) is 0.362. The van der Waals surface area contributed by atoms with Crippen LogP contribution in [0.25, 0.3) is 0 Å². The number of aliphatic hydroxyl groups is 1. The van der Waals surface area contributed by atoms with E-state index in [-0.39, 0.29) is 17.6 Å². The van der Waals surface area contributed by atoms with Crippen molar-refractivity contribution in [2.75, 3.05) is 13.2 Å². The van der Waals surface area contributed by atoms with Crippen molar-refractivity contribution in [2.45, 2.75) is 6.42 Å². The first-order chi connectivity index (χ1) is 2.41. The maximum atomic E-state index is 7.99. The van der Waals surface area contributed by atoms with Crippen LogP contribution in [-0.2, 0) is 0 Å². The van der Waals surface area contributed by atoms with Gasteiger partial charge in [0, 0.05) is 6.61 Å². The van der Waals surface area contributed by atoms with Crippen LogP contribution in [0.1, 0.15) is 6.42 Å². The molecule has 0 bridgehead atoms. The quantitative estimate of drug-likeness (QED) is 0.417. The molecule has 4 nitrogen and oxygen atoms in total. The maximum absolute atomic E-state index is 7.99. The molecule has 0 saturated carbocycles. The molecule has 0 aliphatic carbocycles. The summed E-state index contributed by atoms with van der Waals surface area (Å²) in [6, 6.07) is 0. The molecule has 0 spiro atoms. The minimum absolute atomic E-state index is 0. The minimum atomic E-state index is 0. The maximum Gasteiger partial charge on any atom is 0.0443 e. The third-order valence-electron chi connectivity index (χ3n) is 0.362. The molecule has 0 atom stereocenters. The Morgan fingerprint density at radius 2 is 1.71 bits per heavy atom. The second kappa shape index (κ2) is 17.0. The first kappa shape index (κ1) is 15.8. The third kappa shape index (κ3) is 25.4. The number of aliphatic hydroxyl groups excluding tert-OH is 1. The van der Waals surface area contributed by atoms with E-state index in [9.17, 15) is 0 Å². The van der Waals surface area contributed by atoms with E-state index in [2.05, 4.69) is 0 Å². The summed E-state index contributed by atoms with van der Waals surface area (Å²) in [5.41, 5.74) is 4.98. The average Bonchev–Trinajstić information content (AvgIpc) is 1.41. The van der Waals surface area contributed by atoms with Crippen molar-refractivity contribution < 1.29 is 16.1 Å². The second-order valence-corrected chi connectivity index (χ2v) is 0.866. The van der Waals surface area contributed by atoms with Gasteiger partial charge in [-0.05, 0) is 13.0 Å². The number of rotatable bonds is 2. The zero-order chi connectivity index (χ0) is 4.12. The van der Waals surface area contributed by atoms with Crippen LogP contribution in [0, 0.1) is 0 Å². The number of nitrogens with two attached hydrogens (primary N) is 1. The molecule has 48 valence electrons. The Labute approximate surface area is 42.6 Å². The van der Waals surface area contributed by atoms with Crippen molar-refractivity contribution in [3.63, 3.8) is 0 Å². The predicted octanol–water partition coefficient (Wildman–Crippen LogP) is -2.32. The molecule has 0 unspecified atom stereocenters. The topological polar surface area (TPSA) is 109 Å². The Morgan fingerprint density at radius 3 is 1.71 bits per heavy atom. The summed E-state index contributed by atoms with van der Waals surface area (Å²) in [5.74, 6) is 0. The zero-order valence-electron chi connectivity index (χ0n) is 4.15. The van der Waals surface area contributed by atoms with E-state index in [1.54, 1.807) is 0 Å². The SMILES string of the molecule is NCCCO.O.O. The van der Waals surface area contributed by atoms with Gasteiger partial charge in [-0.25, -0.2) is 0 Å². The van der Waals surface area contributed by atoms with Crippen LogP contribution in [0.3, 0.4) is 0 Å². The van der Waals surface area contributed by atoms with Gasteiger partial charge in [0.1, 0.15) is 0 Å². The molecule has 7 N–H and O–H groups in total. The molecule has 0 aromatic heterocycles. The van der Waals surface area contributed by atoms with Crippen LogP contribution < -0.4 is 5.73 Å². The first-order valence-electron chi connectivity index (χ1n) is 1.72. The smallest absolute Gasteiger partial charge is 0.0443 e. The summed E-state index contributed by atoms with van der Waals surface area (Å²) < 4.78 is 0. The van der Waals surface area contributed by atoms with Gasteiger partial charge in [0.15, 0.2) is 0 Å². The lowest BCUT2D eigenvalue weighted by atomic mass is 10.5. The molecular formula is C3H13NO3. The lowest BCUT2D eigenvalue weighted by molar-refractivity contribution is 0.291. The Morgan fingerprint density at radius 1 is 1.29 bits per heavy atom. The van der Waals surface area contributed by atoms with E-state index in [1.165, 1.54) is 0 Å². The Kier molecular flexibility index (Phi) is 38.3.